The Balaban J connectivity index is 1.48. The van der Waals surface area contributed by atoms with Crippen LogP contribution in [0.2, 0.25) is 0 Å². The molecule has 0 amide bonds. The molecular formula is C19H32O2. The molecule has 4 aliphatic carbocycles. The van der Waals surface area contributed by atoms with Gasteiger partial charge >= 0.3 is 0 Å². The van der Waals surface area contributed by atoms with Crippen molar-refractivity contribution in [2.75, 3.05) is 6.61 Å². The molecule has 5 aliphatic rings. The van der Waals surface area contributed by atoms with Crippen molar-refractivity contribution in [2.45, 2.75) is 90.3 Å². The highest BCUT2D eigenvalue weighted by atomic mass is 16.5. The summed E-state index contributed by atoms with van der Waals surface area (Å²) in [4.78, 5) is 0. The van der Waals surface area contributed by atoms with Crippen LogP contribution in [0.4, 0.5) is 0 Å². The van der Waals surface area contributed by atoms with E-state index in [9.17, 15) is 5.11 Å². The third kappa shape index (κ3) is 2.47. The molecule has 0 aromatic heterocycles. The Morgan fingerprint density at radius 1 is 1.10 bits per heavy atom. The number of aliphatic hydroxyl groups excluding tert-OH is 1. The first-order valence-electron chi connectivity index (χ1n) is 9.20. The van der Waals surface area contributed by atoms with Gasteiger partial charge in [0.15, 0.2) is 0 Å². The molecule has 1 N–H and O–H groups in total. The van der Waals surface area contributed by atoms with Crippen molar-refractivity contribution in [1.82, 2.24) is 0 Å². The van der Waals surface area contributed by atoms with Gasteiger partial charge in [-0.1, -0.05) is 13.8 Å². The zero-order valence-corrected chi connectivity index (χ0v) is 13.9. The van der Waals surface area contributed by atoms with Crippen molar-refractivity contribution in [1.29, 1.82) is 0 Å². The molecule has 4 bridgehead atoms. The molecule has 1 saturated heterocycles. The quantitative estimate of drug-likeness (QED) is 0.837. The summed E-state index contributed by atoms with van der Waals surface area (Å²) in [5.41, 5.74) is 1.26. The van der Waals surface area contributed by atoms with E-state index in [1.807, 2.05) is 0 Å². The predicted octanol–water partition coefficient (Wildman–Crippen LogP) is 4.30. The first-order valence-corrected chi connectivity index (χ1v) is 9.20. The van der Waals surface area contributed by atoms with Crippen LogP contribution in [0.1, 0.15) is 78.1 Å². The van der Waals surface area contributed by atoms with Crippen molar-refractivity contribution >= 4 is 0 Å². The molecule has 1 aliphatic heterocycles. The van der Waals surface area contributed by atoms with Gasteiger partial charge in [0.1, 0.15) is 0 Å². The number of rotatable bonds is 4. The van der Waals surface area contributed by atoms with E-state index >= 15 is 0 Å². The standard InChI is InChI=1S/C19H32O2/c1-17-8-14-9-18(2,11-17)13-19(10-14,12-17)16(20)6-5-15-4-3-7-21-15/h14-16,20H,3-13H2,1-2H3. The topological polar surface area (TPSA) is 29.5 Å². The Morgan fingerprint density at radius 2 is 1.81 bits per heavy atom. The highest BCUT2D eigenvalue weighted by molar-refractivity contribution is 5.12. The van der Waals surface area contributed by atoms with Gasteiger partial charge in [-0.2, -0.15) is 0 Å². The number of hydrogen-bond acceptors (Lipinski definition) is 2. The summed E-state index contributed by atoms with van der Waals surface area (Å²) in [6, 6.07) is 0. The minimum atomic E-state index is -0.0938. The highest BCUT2D eigenvalue weighted by Gasteiger charge is 2.61. The third-order valence-corrected chi connectivity index (χ3v) is 7.16. The highest BCUT2D eigenvalue weighted by Crippen LogP contribution is 2.70. The van der Waals surface area contributed by atoms with Gasteiger partial charge in [0.2, 0.25) is 0 Å². The summed E-state index contributed by atoms with van der Waals surface area (Å²) in [5.74, 6) is 0.883. The lowest BCUT2D eigenvalue weighted by molar-refractivity contribution is -0.187. The first kappa shape index (κ1) is 14.5. The Labute approximate surface area is 129 Å². The van der Waals surface area contributed by atoms with Crippen LogP contribution in [-0.4, -0.2) is 23.9 Å². The molecule has 2 heteroatoms. The van der Waals surface area contributed by atoms with Crippen molar-refractivity contribution in [3.05, 3.63) is 0 Å². The Bertz CT molecular complexity index is 394. The largest absolute Gasteiger partial charge is 0.393 e. The fourth-order valence-electron chi connectivity index (χ4n) is 7.43. The van der Waals surface area contributed by atoms with E-state index in [4.69, 9.17) is 4.74 Å². The Morgan fingerprint density at radius 3 is 2.38 bits per heavy atom. The Kier molecular flexibility index (Phi) is 3.25. The van der Waals surface area contributed by atoms with Gasteiger partial charge in [-0.3, -0.25) is 0 Å². The third-order valence-electron chi connectivity index (χ3n) is 7.16. The van der Waals surface area contributed by atoms with Crippen molar-refractivity contribution in [3.63, 3.8) is 0 Å². The van der Waals surface area contributed by atoms with Crippen LogP contribution in [0.15, 0.2) is 0 Å². The van der Waals surface area contributed by atoms with E-state index < -0.39 is 0 Å². The maximum Gasteiger partial charge on any atom is 0.0597 e. The van der Waals surface area contributed by atoms with Gasteiger partial charge in [0, 0.05) is 6.61 Å². The molecule has 0 aromatic rings. The van der Waals surface area contributed by atoms with Crippen LogP contribution >= 0.6 is 0 Å². The molecule has 120 valence electrons. The molecule has 21 heavy (non-hydrogen) atoms. The number of aliphatic hydroxyl groups is 1. The van der Waals surface area contributed by atoms with E-state index in [0.717, 1.165) is 25.4 Å². The Hall–Kier alpha value is -0.0800. The lowest BCUT2D eigenvalue weighted by Gasteiger charge is -2.66. The van der Waals surface area contributed by atoms with Crippen LogP contribution in [0.5, 0.6) is 0 Å². The second kappa shape index (κ2) is 4.71. The van der Waals surface area contributed by atoms with Crippen molar-refractivity contribution < 1.29 is 9.84 Å². The van der Waals surface area contributed by atoms with E-state index in [1.54, 1.807) is 0 Å². The molecule has 1 heterocycles. The second-order valence-corrected chi connectivity index (χ2v) is 9.72. The molecule has 2 nitrogen and oxygen atoms in total. The summed E-state index contributed by atoms with van der Waals surface area (Å²) in [6.07, 6.45) is 12.9. The summed E-state index contributed by atoms with van der Waals surface area (Å²) < 4.78 is 5.75. The lowest BCUT2D eigenvalue weighted by Crippen LogP contribution is -2.58. The van der Waals surface area contributed by atoms with Gasteiger partial charge in [-0.15, -0.1) is 0 Å². The van der Waals surface area contributed by atoms with E-state index in [0.29, 0.717) is 16.9 Å². The maximum absolute atomic E-state index is 11.0. The molecule has 4 unspecified atom stereocenters. The molecule has 4 atom stereocenters. The monoisotopic (exact) mass is 292 g/mol. The summed E-state index contributed by atoms with van der Waals surface area (Å²) in [7, 11) is 0. The van der Waals surface area contributed by atoms with Crippen LogP contribution in [0.3, 0.4) is 0 Å². The molecule has 0 spiro atoms. The zero-order valence-electron chi connectivity index (χ0n) is 13.9. The predicted molar refractivity (Wildman–Crippen MR) is 84.1 cm³/mol. The minimum Gasteiger partial charge on any atom is -0.393 e. The molecule has 5 fully saturated rings. The number of ether oxygens (including phenoxy) is 1. The van der Waals surface area contributed by atoms with Crippen LogP contribution < -0.4 is 0 Å². The van der Waals surface area contributed by atoms with Gasteiger partial charge in [0.05, 0.1) is 12.2 Å². The van der Waals surface area contributed by atoms with E-state index in [-0.39, 0.29) is 11.5 Å². The fraction of sp³-hybridized carbons (Fsp3) is 1.00. The summed E-state index contributed by atoms with van der Waals surface area (Å²) in [6.45, 7) is 5.93. The van der Waals surface area contributed by atoms with Gasteiger partial charge in [-0.05, 0) is 86.4 Å². The van der Waals surface area contributed by atoms with Crippen molar-refractivity contribution in [2.24, 2.45) is 22.2 Å². The number of hydrogen-bond donors (Lipinski definition) is 1. The maximum atomic E-state index is 11.0. The van der Waals surface area contributed by atoms with Crippen molar-refractivity contribution in [3.8, 4) is 0 Å². The lowest BCUT2D eigenvalue weighted by atomic mass is 9.39. The summed E-state index contributed by atoms with van der Waals surface area (Å²) in [5, 5.41) is 11.0. The molecule has 0 aromatic carbocycles. The van der Waals surface area contributed by atoms with E-state index in [1.165, 1.54) is 51.4 Å². The zero-order chi connectivity index (χ0) is 14.7. The van der Waals surface area contributed by atoms with E-state index in [2.05, 4.69) is 13.8 Å². The van der Waals surface area contributed by atoms with Crippen LogP contribution in [-0.2, 0) is 4.74 Å². The fourth-order valence-corrected chi connectivity index (χ4v) is 7.43. The van der Waals surface area contributed by atoms with Crippen LogP contribution in [0.25, 0.3) is 0 Å². The van der Waals surface area contributed by atoms with Gasteiger partial charge in [0.25, 0.3) is 0 Å². The van der Waals surface area contributed by atoms with Crippen LogP contribution in [0, 0.1) is 22.2 Å². The second-order valence-electron chi connectivity index (χ2n) is 9.72. The van der Waals surface area contributed by atoms with Gasteiger partial charge in [-0.25, -0.2) is 0 Å². The average molecular weight is 292 g/mol. The molecule has 0 radical (unpaired) electrons. The first-order chi connectivity index (χ1) is 9.91. The SMILES string of the molecule is CC12CC3CC(C)(C1)CC(C(O)CCC1CCCO1)(C3)C2. The molecular weight excluding hydrogens is 260 g/mol. The smallest absolute Gasteiger partial charge is 0.0597 e. The molecule has 4 saturated carbocycles. The minimum absolute atomic E-state index is 0.0938. The average Bonchev–Trinajstić information content (AvgIpc) is 2.84. The van der Waals surface area contributed by atoms with Gasteiger partial charge < -0.3 is 9.84 Å². The summed E-state index contributed by atoms with van der Waals surface area (Å²) >= 11 is 0. The normalized spacial score (nSPS) is 53.3. The molecule has 5 rings (SSSR count).